The lowest BCUT2D eigenvalue weighted by Crippen LogP contribution is -2.70. The first-order chi connectivity index (χ1) is 9.55. The number of aliphatic hydroxyl groups is 2. The van der Waals surface area contributed by atoms with E-state index in [-0.39, 0.29) is 22.3 Å². The summed E-state index contributed by atoms with van der Waals surface area (Å²) in [6.45, 7) is 6.25. The Labute approximate surface area is 127 Å². The molecule has 4 aliphatic rings. The molecule has 3 atom stereocenters. The third-order valence-corrected chi connectivity index (χ3v) is 5.76. The first-order valence-corrected chi connectivity index (χ1v) is 8.27. The first kappa shape index (κ1) is 15.3. The van der Waals surface area contributed by atoms with E-state index in [1.54, 1.807) is 6.92 Å². The molecule has 4 bridgehead atoms. The summed E-state index contributed by atoms with van der Waals surface area (Å²) in [5.41, 5.74) is -0.538. The smallest absolute Gasteiger partial charge is 0.220 e. The summed E-state index contributed by atoms with van der Waals surface area (Å²) in [7, 11) is 0. The largest absolute Gasteiger partial charge is 0.393 e. The van der Waals surface area contributed by atoms with Gasteiger partial charge in [0.25, 0.3) is 0 Å². The zero-order chi connectivity index (χ0) is 15.5. The molecule has 0 aromatic heterocycles. The number of hydrogen-bond donors (Lipinski definition) is 3. The molecular weight excluding hydrogens is 266 g/mol. The summed E-state index contributed by atoms with van der Waals surface area (Å²) in [6.07, 6.45) is 6.01. The predicted octanol–water partition coefficient (Wildman–Crippen LogP) is 2.13. The fourth-order valence-corrected chi connectivity index (χ4v) is 6.46. The predicted molar refractivity (Wildman–Crippen MR) is 80.7 cm³/mol. The highest BCUT2D eigenvalue weighted by atomic mass is 16.3. The minimum absolute atomic E-state index is 0.0219. The minimum Gasteiger partial charge on any atom is -0.393 e. The summed E-state index contributed by atoms with van der Waals surface area (Å²) in [5, 5.41) is 23.5. The molecule has 0 aromatic carbocycles. The second kappa shape index (κ2) is 4.45. The average Bonchev–Trinajstić information content (AvgIpc) is 2.18. The molecule has 0 radical (unpaired) electrons. The number of amides is 1. The lowest BCUT2D eigenvalue weighted by molar-refractivity contribution is -0.205. The van der Waals surface area contributed by atoms with Crippen LogP contribution in [-0.2, 0) is 4.79 Å². The van der Waals surface area contributed by atoms with Crippen LogP contribution in [0.15, 0.2) is 0 Å². The van der Waals surface area contributed by atoms with E-state index in [2.05, 4.69) is 19.2 Å². The van der Waals surface area contributed by atoms with E-state index in [1.165, 1.54) is 0 Å². The molecule has 4 aliphatic carbocycles. The summed E-state index contributed by atoms with van der Waals surface area (Å²) in [6, 6.07) is 0. The van der Waals surface area contributed by atoms with Crippen molar-refractivity contribution in [2.75, 3.05) is 0 Å². The molecule has 0 aromatic rings. The molecule has 0 spiro atoms. The molecule has 4 saturated carbocycles. The second-order valence-corrected chi connectivity index (χ2v) is 9.12. The molecule has 3 N–H and O–H groups in total. The lowest BCUT2D eigenvalue weighted by Gasteiger charge is -2.68. The van der Waals surface area contributed by atoms with E-state index >= 15 is 0 Å². The third kappa shape index (κ3) is 2.85. The lowest BCUT2D eigenvalue weighted by atomic mass is 9.41. The van der Waals surface area contributed by atoms with Crippen molar-refractivity contribution in [1.82, 2.24) is 5.32 Å². The maximum Gasteiger partial charge on any atom is 0.220 e. The van der Waals surface area contributed by atoms with Crippen LogP contribution in [-0.4, -0.2) is 33.4 Å². The van der Waals surface area contributed by atoms with E-state index in [1.807, 2.05) is 0 Å². The van der Waals surface area contributed by atoms with Gasteiger partial charge < -0.3 is 15.5 Å². The molecule has 21 heavy (non-hydrogen) atoms. The zero-order valence-electron chi connectivity index (χ0n) is 13.5. The van der Waals surface area contributed by atoms with Crippen molar-refractivity contribution >= 4 is 5.91 Å². The summed E-state index contributed by atoms with van der Waals surface area (Å²) >= 11 is 0. The van der Waals surface area contributed by atoms with Crippen LogP contribution in [0, 0.1) is 10.8 Å². The van der Waals surface area contributed by atoms with Crippen LogP contribution in [0.2, 0.25) is 0 Å². The highest BCUT2D eigenvalue weighted by Crippen LogP contribution is 2.67. The van der Waals surface area contributed by atoms with Crippen LogP contribution in [0.4, 0.5) is 0 Å². The minimum atomic E-state index is -0.601. The van der Waals surface area contributed by atoms with E-state index in [0.717, 1.165) is 32.1 Å². The van der Waals surface area contributed by atoms with E-state index in [4.69, 9.17) is 0 Å². The second-order valence-electron chi connectivity index (χ2n) is 9.12. The maximum absolute atomic E-state index is 12.2. The Morgan fingerprint density at radius 1 is 1.10 bits per heavy atom. The molecule has 4 rings (SSSR count). The van der Waals surface area contributed by atoms with Crippen molar-refractivity contribution in [3.63, 3.8) is 0 Å². The Morgan fingerprint density at radius 2 is 1.67 bits per heavy atom. The van der Waals surface area contributed by atoms with Crippen molar-refractivity contribution in [3.05, 3.63) is 0 Å². The van der Waals surface area contributed by atoms with Gasteiger partial charge in [0.15, 0.2) is 0 Å². The SMILES string of the molecule is CC(O)CCC(=O)NC12CC3(C)CC(C)(CC(O)(C3)C1)C2. The third-order valence-electron chi connectivity index (χ3n) is 5.76. The maximum atomic E-state index is 12.2. The van der Waals surface area contributed by atoms with Crippen molar-refractivity contribution < 1.29 is 15.0 Å². The van der Waals surface area contributed by atoms with Gasteiger partial charge in [-0.2, -0.15) is 0 Å². The van der Waals surface area contributed by atoms with Gasteiger partial charge in [0.1, 0.15) is 0 Å². The number of rotatable bonds is 4. The van der Waals surface area contributed by atoms with E-state index in [0.29, 0.717) is 19.3 Å². The van der Waals surface area contributed by atoms with Crippen LogP contribution >= 0.6 is 0 Å². The molecule has 1 amide bonds. The highest BCUT2D eigenvalue weighted by Gasteiger charge is 2.65. The molecular formula is C17H29NO3. The van der Waals surface area contributed by atoms with Crippen molar-refractivity contribution in [2.45, 2.75) is 89.4 Å². The number of aliphatic hydroxyl groups excluding tert-OH is 1. The van der Waals surface area contributed by atoms with Crippen LogP contribution in [0.3, 0.4) is 0 Å². The average molecular weight is 295 g/mol. The fourth-order valence-electron chi connectivity index (χ4n) is 6.46. The van der Waals surface area contributed by atoms with Crippen LogP contribution < -0.4 is 5.32 Å². The van der Waals surface area contributed by atoms with Crippen LogP contribution in [0.25, 0.3) is 0 Å². The van der Waals surface area contributed by atoms with Gasteiger partial charge in [0.2, 0.25) is 5.91 Å². The van der Waals surface area contributed by atoms with Gasteiger partial charge in [-0.15, -0.1) is 0 Å². The topological polar surface area (TPSA) is 69.6 Å². The van der Waals surface area contributed by atoms with Gasteiger partial charge in [0, 0.05) is 12.0 Å². The molecule has 4 nitrogen and oxygen atoms in total. The van der Waals surface area contributed by atoms with Gasteiger partial charge in [0.05, 0.1) is 11.7 Å². The first-order valence-electron chi connectivity index (χ1n) is 8.27. The number of carbonyl (C=O) groups is 1. The van der Waals surface area contributed by atoms with Crippen molar-refractivity contribution in [1.29, 1.82) is 0 Å². The Hall–Kier alpha value is -0.610. The Balaban J connectivity index is 1.77. The number of carbonyl (C=O) groups excluding carboxylic acids is 1. The van der Waals surface area contributed by atoms with Gasteiger partial charge in [-0.05, 0) is 62.7 Å². The zero-order valence-corrected chi connectivity index (χ0v) is 13.5. The van der Waals surface area contributed by atoms with Gasteiger partial charge in [-0.25, -0.2) is 0 Å². The Bertz CT molecular complexity index is 405. The molecule has 0 saturated heterocycles. The molecule has 0 aliphatic heterocycles. The highest BCUT2D eigenvalue weighted by molar-refractivity contribution is 5.77. The van der Waals surface area contributed by atoms with E-state index in [9.17, 15) is 15.0 Å². The summed E-state index contributed by atoms with van der Waals surface area (Å²) in [5.74, 6) is 0.0219. The van der Waals surface area contributed by atoms with Gasteiger partial charge >= 0.3 is 0 Å². The molecule has 4 heteroatoms. The number of hydrogen-bond acceptors (Lipinski definition) is 3. The summed E-state index contributed by atoms with van der Waals surface area (Å²) < 4.78 is 0. The van der Waals surface area contributed by atoms with Crippen LogP contribution in [0.1, 0.15) is 72.1 Å². The number of nitrogens with one attached hydrogen (secondary N) is 1. The summed E-state index contributed by atoms with van der Waals surface area (Å²) in [4.78, 5) is 12.2. The van der Waals surface area contributed by atoms with Crippen LogP contribution in [0.5, 0.6) is 0 Å². The standard InChI is InChI=1S/C17H29NO3/c1-12(19)4-5-13(20)18-16-7-14(2)6-15(3,8-16)10-17(21,9-14)11-16/h12,19,21H,4-11H2,1-3H3,(H,18,20). The van der Waals surface area contributed by atoms with Crippen molar-refractivity contribution in [2.24, 2.45) is 10.8 Å². The molecule has 3 unspecified atom stereocenters. The quantitative estimate of drug-likeness (QED) is 0.744. The normalized spacial score (nSPS) is 49.2. The Morgan fingerprint density at radius 3 is 2.14 bits per heavy atom. The monoisotopic (exact) mass is 295 g/mol. The van der Waals surface area contributed by atoms with Crippen molar-refractivity contribution in [3.8, 4) is 0 Å². The Kier molecular flexibility index (Phi) is 3.24. The van der Waals surface area contributed by atoms with E-state index < -0.39 is 11.7 Å². The van der Waals surface area contributed by atoms with Gasteiger partial charge in [-0.1, -0.05) is 13.8 Å². The molecule has 4 fully saturated rings. The molecule has 120 valence electrons. The molecule has 0 heterocycles. The van der Waals surface area contributed by atoms with Gasteiger partial charge in [-0.3, -0.25) is 4.79 Å². The fraction of sp³-hybridized carbons (Fsp3) is 0.941.